The fraction of sp³-hybridized carbons (Fsp3) is 0.0714. The molecule has 5 aromatic rings. The summed E-state index contributed by atoms with van der Waals surface area (Å²) in [6.07, 6.45) is 1.96. The molecule has 0 bridgehead atoms. The Balaban J connectivity index is 1.45. The third kappa shape index (κ3) is 5.36. The van der Waals surface area contributed by atoms with Crippen molar-refractivity contribution in [3.05, 3.63) is 113 Å². The number of hydrogen-bond acceptors (Lipinski definition) is 5. The average Bonchev–Trinajstić information content (AvgIpc) is 3.25. The lowest BCUT2D eigenvalue weighted by Gasteiger charge is -2.12. The van der Waals surface area contributed by atoms with Crippen LogP contribution in [-0.4, -0.2) is 22.0 Å². The minimum absolute atomic E-state index is 0.199. The monoisotopic (exact) mass is 527 g/mol. The van der Waals surface area contributed by atoms with Gasteiger partial charge in [0, 0.05) is 22.8 Å². The summed E-state index contributed by atoms with van der Waals surface area (Å²) in [5, 5.41) is 3.52. The standard InChI is InChI=1S/C28H22BrN3O3/c29-21-15-16-25-31-27(28(32(25)18-21)30-17-20-9-3-1-4-10-20)23-13-7-8-14-24(23)35-26(33)19-34-22-11-5-2-6-12-22/h1-16,18,30H,17,19H2. The normalized spacial score (nSPS) is 10.8. The van der Waals surface area contributed by atoms with Crippen LogP contribution in [0.25, 0.3) is 16.9 Å². The van der Waals surface area contributed by atoms with Gasteiger partial charge in [0.1, 0.15) is 28.7 Å². The molecule has 3 aromatic carbocycles. The fourth-order valence-electron chi connectivity index (χ4n) is 3.72. The molecule has 0 aliphatic rings. The average molecular weight is 528 g/mol. The van der Waals surface area contributed by atoms with E-state index in [-0.39, 0.29) is 6.61 Å². The predicted molar refractivity (Wildman–Crippen MR) is 140 cm³/mol. The Morgan fingerprint density at radius 1 is 0.886 bits per heavy atom. The lowest BCUT2D eigenvalue weighted by atomic mass is 10.1. The van der Waals surface area contributed by atoms with Crippen molar-refractivity contribution >= 4 is 33.4 Å². The third-order valence-corrected chi connectivity index (χ3v) is 5.82. The van der Waals surface area contributed by atoms with Gasteiger partial charge in [0.2, 0.25) is 0 Å². The Morgan fingerprint density at radius 2 is 1.60 bits per heavy atom. The first-order chi connectivity index (χ1) is 17.2. The van der Waals surface area contributed by atoms with Crippen LogP contribution in [0, 0.1) is 0 Å². The van der Waals surface area contributed by atoms with Crippen molar-refractivity contribution in [2.75, 3.05) is 11.9 Å². The van der Waals surface area contributed by atoms with E-state index in [9.17, 15) is 4.79 Å². The number of benzene rings is 3. The zero-order valence-electron chi connectivity index (χ0n) is 18.7. The van der Waals surface area contributed by atoms with E-state index in [1.165, 1.54) is 0 Å². The van der Waals surface area contributed by atoms with Crippen LogP contribution < -0.4 is 14.8 Å². The number of carbonyl (C=O) groups excluding carboxylic acids is 1. The Morgan fingerprint density at radius 3 is 2.40 bits per heavy atom. The second-order valence-corrected chi connectivity index (χ2v) is 8.71. The van der Waals surface area contributed by atoms with Crippen LogP contribution in [0.5, 0.6) is 11.5 Å². The number of imidazole rings is 1. The predicted octanol–water partition coefficient (Wildman–Crippen LogP) is 6.36. The van der Waals surface area contributed by atoms with Crippen LogP contribution >= 0.6 is 15.9 Å². The van der Waals surface area contributed by atoms with Crippen LogP contribution in [-0.2, 0) is 11.3 Å². The van der Waals surface area contributed by atoms with E-state index in [4.69, 9.17) is 14.5 Å². The number of carbonyl (C=O) groups is 1. The second-order valence-electron chi connectivity index (χ2n) is 7.80. The summed E-state index contributed by atoms with van der Waals surface area (Å²) in [6.45, 7) is 0.413. The van der Waals surface area contributed by atoms with E-state index in [0.717, 1.165) is 21.5 Å². The van der Waals surface area contributed by atoms with Gasteiger partial charge in [-0.15, -0.1) is 0 Å². The van der Waals surface area contributed by atoms with E-state index >= 15 is 0 Å². The molecule has 35 heavy (non-hydrogen) atoms. The maximum absolute atomic E-state index is 12.6. The lowest BCUT2D eigenvalue weighted by Crippen LogP contribution is -2.18. The van der Waals surface area contributed by atoms with E-state index in [1.54, 1.807) is 18.2 Å². The SMILES string of the molecule is O=C(COc1ccccc1)Oc1ccccc1-c1nc2ccc(Br)cn2c1NCc1ccccc1. The number of para-hydroxylation sites is 2. The summed E-state index contributed by atoms with van der Waals surface area (Å²) in [5.74, 6) is 1.33. The number of fused-ring (bicyclic) bond motifs is 1. The van der Waals surface area contributed by atoms with Crippen LogP contribution in [0.4, 0.5) is 5.82 Å². The number of nitrogens with zero attached hydrogens (tertiary/aromatic N) is 2. The molecular weight excluding hydrogens is 506 g/mol. The van der Waals surface area contributed by atoms with Gasteiger partial charge >= 0.3 is 5.97 Å². The fourth-order valence-corrected chi connectivity index (χ4v) is 4.06. The molecule has 0 fully saturated rings. The van der Waals surface area contributed by atoms with Gasteiger partial charge in [-0.3, -0.25) is 4.40 Å². The van der Waals surface area contributed by atoms with E-state index < -0.39 is 5.97 Å². The summed E-state index contributed by atoms with van der Waals surface area (Å²) in [5.41, 5.74) is 3.30. The second kappa shape index (κ2) is 10.4. The van der Waals surface area contributed by atoms with Crippen molar-refractivity contribution < 1.29 is 14.3 Å². The first-order valence-electron chi connectivity index (χ1n) is 11.1. The van der Waals surface area contributed by atoms with Crippen LogP contribution in [0.2, 0.25) is 0 Å². The number of pyridine rings is 1. The molecule has 0 saturated heterocycles. The highest BCUT2D eigenvalue weighted by atomic mass is 79.9. The minimum atomic E-state index is -0.494. The highest BCUT2D eigenvalue weighted by molar-refractivity contribution is 9.10. The summed E-state index contributed by atoms with van der Waals surface area (Å²) < 4.78 is 14.2. The van der Waals surface area contributed by atoms with E-state index in [1.807, 2.05) is 77.3 Å². The van der Waals surface area contributed by atoms with Crippen molar-refractivity contribution in [3.8, 4) is 22.8 Å². The maximum Gasteiger partial charge on any atom is 0.349 e. The Labute approximate surface area is 211 Å². The molecule has 0 saturated carbocycles. The van der Waals surface area contributed by atoms with Gasteiger partial charge in [-0.1, -0.05) is 60.7 Å². The number of ether oxygens (including phenoxy) is 2. The number of rotatable bonds is 8. The number of esters is 1. The minimum Gasteiger partial charge on any atom is -0.482 e. The maximum atomic E-state index is 12.6. The summed E-state index contributed by atoms with van der Waals surface area (Å²) in [6, 6.07) is 30.6. The number of hydrogen-bond donors (Lipinski definition) is 1. The topological polar surface area (TPSA) is 64.9 Å². The van der Waals surface area contributed by atoms with Crippen molar-refractivity contribution in [2.24, 2.45) is 0 Å². The van der Waals surface area contributed by atoms with Gasteiger partial charge in [-0.25, -0.2) is 9.78 Å². The van der Waals surface area contributed by atoms with Crippen LogP contribution in [0.1, 0.15) is 5.56 Å². The Kier molecular flexibility index (Phi) is 6.77. The quantitative estimate of drug-likeness (QED) is 0.188. The Bertz CT molecular complexity index is 1450. The molecular formula is C28H22BrN3O3. The number of nitrogens with one attached hydrogen (secondary N) is 1. The highest BCUT2D eigenvalue weighted by Gasteiger charge is 2.19. The number of halogens is 1. The molecule has 5 rings (SSSR count). The molecule has 0 aliphatic carbocycles. The molecule has 0 amide bonds. The van der Waals surface area contributed by atoms with Gasteiger partial charge in [0.15, 0.2) is 6.61 Å². The number of anilines is 1. The summed E-state index contributed by atoms with van der Waals surface area (Å²) in [4.78, 5) is 17.4. The van der Waals surface area contributed by atoms with Crippen molar-refractivity contribution in [3.63, 3.8) is 0 Å². The van der Waals surface area contributed by atoms with Crippen LogP contribution in [0.15, 0.2) is 108 Å². The smallest absolute Gasteiger partial charge is 0.349 e. The highest BCUT2D eigenvalue weighted by Crippen LogP contribution is 2.36. The molecule has 0 aliphatic heterocycles. The van der Waals surface area contributed by atoms with Gasteiger partial charge in [0.25, 0.3) is 0 Å². The molecule has 2 aromatic heterocycles. The van der Waals surface area contributed by atoms with Gasteiger partial charge < -0.3 is 14.8 Å². The summed E-state index contributed by atoms with van der Waals surface area (Å²) >= 11 is 3.55. The summed E-state index contributed by atoms with van der Waals surface area (Å²) in [7, 11) is 0. The third-order valence-electron chi connectivity index (χ3n) is 5.35. The van der Waals surface area contributed by atoms with Crippen molar-refractivity contribution in [1.82, 2.24) is 9.38 Å². The first kappa shape index (κ1) is 22.7. The van der Waals surface area contributed by atoms with E-state index in [2.05, 4.69) is 33.4 Å². The Hall–Kier alpha value is -4.10. The van der Waals surface area contributed by atoms with Gasteiger partial charge in [-0.05, 0) is 57.9 Å². The molecule has 0 radical (unpaired) electrons. The molecule has 0 unspecified atom stereocenters. The van der Waals surface area contributed by atoms with Crippen molar-refractivity contribution in [1.29, 1.82) is 0 Å². The van der Waals surface area contributed by atoms with Crippen molar-refractivity contribution in [2.45, 2.75) is 6.54 Å². The molecule has 0 atom stereocenters. The molecule has 2 heterocycles. The van der Waals surface area contributed by atoms with Crippen LogP contribution in [0.3, 0.4) is 0 Å². The van der Waals surface area contributed by atoms with Gasteiger partial charge in [0.05, 0.1) is 0 Å². The van der Waals surface area contributed by atoms with Gasteiger partial charge in [-0.2, -0.15) is 0 Å². The van der Waals surface area contributed by atoms with E-state index in [0.29, 0.717) is 29.3 Å². The molecule has 6 nitrogen and oxygen atoms in total. The molecule has 1 N–H and O–H groups in total. The largest absolute Gasteiger partial charge is 0.482 e. The molecule has 0 spiro atoms. The molecule has 7 heteroatoms. The lowest BCUT2D eigenvalue weighted by molar-refractivity contribution is -0.136. The zero-order valence-corrected chi connectivity index (χ0v) is 20.3. The number of aromatic nitrogens is 2. The zero-order chi connectivity index (χ0) is 24.0. The first-order valence-corrected chi connectivity index (χ1v) is 11.9. The molecule has 174 valence electrons.